The summed E-state index contributed by atoms with van der Waals surface area (Å²) in [5.41, 5.74) is 2.42. The number of hydrogen-bond donors (Lipinski definition) is 1. The second kappa shape index (κ2) is 9.57. The number of fused-ring (bicyclic) bond motifs is 1. The van der Waals surface area contributed by atoms with E-state index in [9.17, 15) is 9.59 Å². The topological polar surface area (TPSA) is 59.1 Å². The summed E-state index contributed by atoms with van der Waals surface area (Å²) in [5, 5.41) is 3.18. The minimum absolute atomic E-state index is 0.127. The first-order chi connectivity index (χ1) is 14.9. The first kappa shape index (κ1) is 22.1. The van der Waals surface area contributed by atoms with E-state index in [1.54, 1.807) is 0 Å². The molecule has 0 radical (unpaired) electrons. The first-order valence-electron chi connectivity index (χ1n) is 11.7. The van der Waals surface area contributed by atoms with Gasteiger partial charge in [0.15, 0.2) is 0 Å². The first-order valence-corrected chi connectivity index (χ1v) is 11.7. The third-order valence-electron chi connectivity index (χ3n) is 7.34. The third kappa shape index (κ3) is 4.88. The molecule has 0 aromatic heterocycles. The minimum Gasteiger partial charge on any atom is -0.378 e. The summed E-state index contributed by atoms with van der Waals surface area (Å²) >= 11 is 0. The number of likely N-dealkylation sites (tertiary alicyclic amines) is 2. The molecule has 2 amide bonds. The van der Waals surface area contributed by atoms with Crippen LogP contribution in [0.25, 0.3) is 0 Å². The van der Waals surface area contributed by atoms with Crippen LogP contribution < -0.4 is 10.2 Å². The number of benzene rings is 1. The molecule has 31 heavy (non-hydrogen) atoms. The van der Waals surface area contributed by atoms with E-state index in [-0.39, 0.29) is 29.9 Å². The summed E-state index contributed by atoms with van der Waals surface area (Å²) in [6.07, 6.45) is 4.62. The van der Waals surface area contributed by atoms with Crippen LogP contribution in [0.4, 0.5) is 5.69 Å². The summed E-state index contributed by atoms with van der Waals surface area (Å²) in [6, 6.07) is 8.88. The molecule has 7 nitrogen and oxygen atoms in total. The number of hydrogen-bond acceptors (Lipinski definition) is 5. The second-order valence-electron chi connectivity index (χ2n) is 9.52. The Kier molecular flexibility index (Phi) is 6.82. The molecule has 7 heteroatoms. The van der Waals surface area contributed by atoms with Crippen molar-refractivity contribution in [2.75, 3.05) is 52.2 Å². The van der Waals surface area contributed by atoms with Crippen LogP contribution in [0, 0.1) is 0 Å². The number of likely N-dealkylation sites (N-methyl/N-ethyl adjacent to an activating group) is 1. The number of carbonyl (C=O) groups excluding carboxylic acids is 2. The quantitative estimate of drug-likeness (QED) is 0.746. The Labute approximate surface area is 186 Å². The van der Waals surface area contributed by atoms with Gasteiger partial charge in [-0.05, 0) is 50.4 Å². The molecule has 3 aliphatic rings. The van der Waals surface area contributed by atoms with E-state index in [0.717, 1.165) is 51.9 Å². The van der Waals surface area contributed by atoms with E-state index in [2.05, 4.69) is 51.3 Å². The molecule has 0 unspecified atom stereocenters. The number of nitrogens with zero attached hydrogens (tertiary/aromatic N) is 4. The predicted molar refractivity (Wildman–Crippen MR) is 123 cm³/mol. The highest BCUT2D eigenvalue weighted by atomic mass is 16.2. The number of rotatable bonds is 6. The summed E-state index contributed by atoms with van der Waals surface area (Å²) in [7, 11) is 6.22. The van der Waals surface area contributed by atoms with Crippen molar-refractivity contribution in [1.29, 1.82) is 0 Å². The fourth-order valence-electron chi connectivity index (χ4n) is 5.37. The van der Waals surface area contributed by atoms with Gasteiger partial charge < -0.3 is 15.1 Å². The van der Waals surface area contributed by atoms with E-state index in [4.69, 9.17) is 0 Å². The lowest BCUT2D eigenvalue weighted by Gasteiger charge is -2.33. The zero-order chi connectivity index (χ0) is 22.0. The Hall–Kier alpha value is -2.12. The lowest BCUT2D eigenvalue weighted by molar-refractivity contribution is -0.130. The Morgan fingerprint density at radius 2 is 1.84 bits per heavy atom. The lowest BCUT2D eigenvalue weighted by atomic mass is 10.0. The van der Waals surface area contributed by atoms with E-state index in [0.29, 0.717) is 13.0 Å². The summed E-state index contributed by atoms with van der Waals surface area (Å²) in [6.45, 7) is 4.15. The number of nitrogens with one attached hydrogen (secondary N) is 1. The van der Waals surface area contributed by atoms with Crippen molar-refractivity contribution in [2.45, 2.75) is 56.8 Å². The van der Waals surface area contributed by atoms with Gasteiger partial charge in [0.1, 0.15) is 6.04 Å². The molecule has 3 fully saturated rings. The van der Waals surface area contributed by atoms with Gasteiger partial charge in [0.25, 0.3) is 0 Å². The summed E-state index contributed by atoms with van der Waals surface area (Å²) < 4.78 is 0. The normalized spacial score (nSPS) is 27.1. The van der Waals surface area contributed by atoms with Gasteiger partial charge in [-0.3, -0.25) is 19.4 Å². The van der Waals surface area contributed by atoms with Gasteiger partial charge in [-0.25, -0.2) is 0 Å². The van der Waals surface area contributed by atoms with Crippen LogP contribution in [0.1, 0.15) is 37.7 Å². The number of anilines is 1. The molecule has 170 valence electrons. The molecule has 3 aliphatic heterocycles. The monoisotopic (exact) mass is 427 g/mol. The van der Waals surface area contributed by atoms with E-state index < -0.39 is 0 Å². The lowest BCUT2D eigenvalue weighted by Crippen LogP contribution is -2.49. The Morgan fingerprint density at radius 1 is 1.13 bits per heavy atom. The molecule has 0 spiro atoms. The van der Waals surface area contributed by atoms with Crippen LogP contribution in [0.3, 0.4) is 0 Å². The van der Waals surface area contributed by atoms with Gasteiger partial charge in [-0.15, -0.1) is 0 Å². The molecule has 4 rings (SSSR count). The molecule has 3 heterocycles. The zero-order valence-electron chi connectivity index (χ0n) is 19.2. The fraction of sp³-hybridized carbons (Fsp3) is 0.667. The minimum atomic E-state index is -0.127. The average Bonchev–Trinajstić information content (AvgIpc) is 3.41. The predicted octanol–water partition coefficient (Wildman–Crippen LogP) is 1.53. The smallest absolute Gasteiger partial charge is 0.239 e. The van der Waals surface area contributed by atoms with Crippen molar-refractivity contribution in [3.8, 4) is 0 Å². The van der Waals surface area contributed by atoms with Crippen molar-refractivity contribution in [3.05, 3.63) is 29.8 Å². The highest BCUT2D eigenvalue weighted by Crippen LogP contribution is 2.29. The van der Waals surface area contributed by atoms with Crippen molar-refractivity contribution >= 4 is 17.5 Å². The summed E-state index contributed by atoms with van der Waals surface area (Å²) in [4.78, 5) is 34.3. The maximum Gasteiger partial charge on any atom is 0.239 e. The van der Waals surface area contributed by atoms with Crippen LogP contribution in [0.15, 0.2) is 24.3 Å². The van der Waals surface area contributed by atoms with Crippen LogP contribution in [-0.4, -0.2) is 92.0 Å². The second-order valence-corrected chi connectivity index (χ2v) is 9.52. The third-order valence-corrected chi connectivity index (χ3v) is 7.34. The average molecular weight is 428 g/mol. The maximum absolute atomic E-state index is 13.0. The van der Waals surface area contributed by atoms with Crippen molar-refractivity contribution in [3.63, 3.8) is 0 Å². The fourth-order valence-corrected chi connectivity index (χ4v) is 5.37. The molecule has 3 saturated heterocycles. The molecule has 1 N–H and O–H groups in total. The van der Waals surface area contributed by atoms with Gasteiger partial charge in [0, 0.05) is 71.0 Å². The molecular formula is C24H37N5O2. The van der Waals surface area contributed by atoms with Gasteiger partial charge in [0.2, 0.25) is 11.8 Å². The molecule has 1 aromatic rings. The molecule has 0 aliphatic carbocycles. The van der Waals surface area contributed by atoms with Crippen LogP contribution in [-0.2, 0) is 16.1 Å². The standard InChI is InChI=1S/C24H37N5O2/c1-26(2)19-8-6-18(7-9-19)17-29-15-12-21-23(29)24(31)25-16-20(27(21)3)10-11-22(30)28-13-4-5-14-28/h6-9,20-21,23H,4-5,10-17H2,1-3H3,(H,25,31)/t20-,21+,23-/m0/s1. The molecule has 0 saturated carbocycles. The molecule has 1 aromatic carbocycles. The number of amides is 2. The maximum atomic E-state index is 13.0. The molecule has 0 bridgehead atoms. The van der Waals surface area contributed by atoms with E-state index >= 15 is 0 Å². The molecule has 3 atom stereocenters. The largest absolute Gasteiger partial charge is 0.378 e. The number of carbonyl (C=O) groups is 2. The Balaban J connectivity index is 1.38. The molecular weight excluding hydrogens is 390 g/mol. The highest BCUT2D eigenvalue weighted by molar-refractivity contribution is 5.83. The van der Waals surface area contributed by atoms with Crippen molar-refractivity contribution < 1.29 is 9.59 Å². The van der Waals surface area contributed by atoms with Gasteiger partial charge in [-0.2, -0.15) is 0 Å². The summed E-state index contributed by atoms with van der Waals surface area (Å²) in [5.74, 6) is 0.403. The highest BCUT2D eigenvalue weighted by Gasteiger charge is 2.44. The van der Waals surface area contributed by atoms with Gasteiger partial charge >= 0.3 is 0 Å². The SMILES string of the molecule is CN(C)c1ccc(CN2CC[C@@H]3[C@H]2C(=O)NC[C@H](CCC(=O)N2CCCC2)N3C)cc1. The van der Waals surface area contributed by atoms with Gasteiger partial charge in [0.05, 0.1) is 0 Å². The Morgan fingerprint density at radius 3 is 2.52 bits per heavy atom. The van der Waals surface area contributed by atoms with E-state index in [1.807, 2.05) is 19.0 Å². The van der Waals surface area contributed by atoms with E-state index in [1.165, 1.54) is 11.3 Å². The van der Waals surface area contributed by atoms with Crippen LogP contribution in [0.2, 0.25) is 0 Å². The van der Waals surface area contributed by atoms with Gasteiger partial charge in [-0.1, -0.05) is 12.1 Å². The Bertz CT molecular complexity index is 775. The van der Waals surface area contributed by atoms with Crippen LogP contribution >= 0.6 is 0 Å². The van der Waals surface area contributed by atoms with Crippen molar-refractivity contribution in [1.82, 2.24) is 20.0 Å². The zero-order valence-corrected chi connectivity index (χ0v) is 19.2. The van der Waals surface area contributed by atoms with Crippen molar-refractivity contribution in [2.24, 2.45) is 0 Å². The van der Waals surface area contributed by atoms with Crippen LogP contribution in [0.5, 0.6) is 0 Å².